The molecule has 7 rings (SSSR count). The Morgan fingerprint density at radius 3 is 2.45 bits per heavy atom. The van der Waals surface area contributed by atoms with Crippen LogP contribution in [0.5, 0.6) is 0 Å². The highest BCUT2D eigenvalue weighted by molar-refractivity contribution is 6.09. The fourth-order valence-electron chi connectivity index (χ4n) is 5.85. The summed E-state index contributed by atoms with van der Waals surface area (Å²) in [6.07, 6.45) is -0.0511. The van der Waals surface area contributed by atoms with E-state index >= 15 is 0 Å². The van der Waals surface area contributed by atoms with Crippen LogP contribution >= 0.6 is 0 Å². The summed E-state index contributed by atoms with van der Waals surface area (Å²) in [5.41, 5.74) is 7.22. The number of rotatable bonds is 4. The molecule has 3 heterocycles. The van der Waals surface area contributed by atoms with Crippen LogP contribution in [0.25, 0.3) is 23.1 Å². The molecule has 1 aromatic heterocycles. The molecule has 42 heavy (non-hydrogen) atoms. The number of benzene rings is 3. The Hall–Kier alpha value is -4.64. The second-order valence-electron chi connectivity index (χ2n) is 10.6. The standard InChI is InChI=1S/C29H27N5O.C2HF3O2/c35-28-29(23-3-1-2-4-26(23)31-28)18-24(29)20-8-11-22-25(32-33-27(22)17-20)12-7-19-5-9-21(10-6-19)34-15-13-30-14-16-34;3-2(4,5)1(6)7/h1-12,17,24,30H,13-16,18H2,(H,31,35)(H,32,33);(H,6,7)/b12-7+;/t24-,29-;/m0./s1. The third kappa shape index (κ3) is 5.11. The van der Waals surface area contributed by atoms with Crippen LogP contribution in [0.4, 0.5) is 24.5 Å². The van der Waals surface area contributed by atoms with Crippen LogP contribution in [0.3, 0.4) is 0 Å². The van der Waals surface area contributed by atoms with Gasteiger partial charge in [0.1, 0.15) is 0 Å². The quantitative estimate of drug-likeness (QED) is 0.268. The summed E-state index contributed by atoms with van der Waals surface area (Å²) < 4.78 is 31.7. The van der Waals surface area contributed by atoms with Gasteiger partial charge in [-0.05, 0) is 53.5 Å². The number of carboxylic acids is 1. The van der Waals surface area contributed by atoms with E-state index in [-0.39, 0.29) is 11.8 Å². The molecule has 0 radical (unpaired) electrons. The normalized spacial score (nSPS) is 21.3. The second kappa shape index (κ2) is 10.6. The lowest BCUT2D eigenvalue weighted by Crippen LogP contribution is -2.43. The zero-order valence-electron chi connectivity index (χ0n) is 22.4. The van der Waals surface area contributed by atoms with Gasteiger partial charge in [0.05, 0.1) is 16.6 Å². The molecule has 0 unspecified atom stereocenters. The molecule has 3 aromatic carbocycles. The number of halogens is 3. The highest BCUT2D eigenvalue weighted by Gasteiger charge is 2.65. The van der Waals surface area contributed by atoms with Crippen molar-refractivity contribution in [3.8, 4) is 0 Å². The molecule has 1 amide bonds. The van der Waals surface area contributed by atoms with E-state index in [1.807, 2.05) is 18.2 Å². The number of carbonyl (C=O) groups excluding carboxylic acids is 1. The van der Waals surface area contributed by atoms with Gasteiger partial charge < -0.3 is 20.6 Å². The highest BCUT2D eigenvalue weighted by atomic mass is 19.4. The summed E-state index contributed by atoms with van der Waals surface area (Å²) in [5.74, 6) is -2.43. The Balaban J connectivity index is 0.000000405. The van der Waals surface area contributed by atoms with E-state index in [2.05, 4.69) is 86.4 Å². The summed E-state index contributed by atoms with van der Waals surface area (Å²) in [6, 6.07) is 23.2. The van der Waals surface area contributed by atoms with Crippen molar-refractivity contribution in [3.05, 3.63) is 89.1 Å². The number of hydrogen-bond donors (Lipinski definition) is 4. The van der Waals surface area contributed by atoms with Crippen LogP contribution in [0.15, 0.2) is 66.7 Å². The van der Waals surface area contributed by atoms with Crippen LogP contribution in [-0.2, 0) is 15.0 Å². The fourth-order valence-corrected chi connectivity index (χ4v) is 5.85. The number of carbonyl (C=O) groups is 2. The number of nitrogens with zero attached hydrogens (tertiary/aromatic N) is 2. The zero-order chi connectivity index (χ0) is 29.5. The molecule has 1 aliphatic carbocycles. The number of amides is 1. The van der Waals surface area contributed by atoms with Gasteiger partial charge in [-0.2, -0.15) is 18.3 Å². The molecule has 1 saturated carbocycles. The molecular formula is C31H28F3N5O3. The maximum atomic E-state index is 12.9. The Kier molecular flexibility index (Phi) is 6.97. The van der Waals surface area contributed by atoms with E-state index in [4.69, 9.17) is 9.90 Å². The molecule has 4 N–H and O–H groups in total. The summed E-state index contributed by atoms with van der Waals surface area (Å²) in [4.78, 5) is 24.2. The summed E-state index contributed by atoms with van der Waals surface area (Å²) in [7, 11) is 0. The minimum Gasteiger partial charge on any atom is -0.475 e. The van der Waals surface area contributed by atoms with Crippen LogP contribution in [0.1, 0.15) is 34.7 Å². The number of aromatic amines is 1. The van der Waals surface area contributed by atoms with Crippen molar-refractivity contribution in [3.63, 3.8) is 0 Å². The van der Waals surface area contributed by atoms with E-state index in [1.165, 1.54) is 11.3 Å². The monoisotopic (exact) mass is 575 g/mol. The number of alkyl halides is 3. The molecule has 216 valence electrons. The van der Waals surface area contributed by atoms with E-state index < -0.39 is 17.6 Å². The van der Waals surface area contributed by atoms with Crippen molar-refractivity contribution < 1.29 is 27.9 Å². The van der Waals surface area contributed by atoms with Gasteiger partial charge in [-0.3, -0.25) is 9.89 Å². The van der Waals surface area contributed by atoms with Gasteiger partial charge in [0.15, 0.2) is 0 Å². The largest absolute Gasteiger partial charge is 0.490 e. The van der Waals surface area contributed by atoms with E-state index in [0.717, 1.165) is 66.0 Å². The first-order valence-corrected chi connectivity index (χ1v) is 13.6. The van der Waals surface area contributed by atoms with Crippen LogP contribution in [-0.4, -0.2) is 59.5 Å². The van der Waals surface area contributed by atoms with Crippen molar-refractivity contribution >= 4 is 46.3 Å². The minimum atomic E-state index is -5.08. The third-order valence-corrected chi connectivity index (χ3v) is 8.09. The van der Waals surface area contributed by atoms with Crippen LogP contribution < -0.4 is 15.5 Å². The molecule has 4 aromatic rings. The predicted octanol–water partition coefficient (Wildman–Crippen LogP) is 5.15. The van der Waals surface area contributed by atoms with Gasteiger partial charge in [0.25, 0.3) is 0 Å². The molecule has 2 atom stereocenters. The summed E-state index contributed by atoms with van der Waals surface area (Å²) in [5, 5.41) is 22.4. The molecular weight excluding hydrogens is 547 g/mol. The van der Waals surface area contributed by atoms with Gasteiger partial charge >= 0.3 is 12.1 Å². The van der Waals surface area contributed by atoms with Crippen molar-refractivity contribution in [2.24, 2.45) is 0 Å². The van der Waals surface area contributed by atoms with Gasteiger partial charge in [0.2, 0.25) is 5.91 Å². The minimum absolute atomic E-state index is 0.125. The lowest BCUT2D eigenvalue weighted by Gasteiger charge is -2.29. The van der Waals surface area contributed by atoms with Crippen molar-refractivity contribution in [2.75, 3.05) is 36.4 Å². The number of H-pyrrole nitrogens is 1. The van der Waals surface area contributed by atoms with Crippen LogP contribution in [0.2, 0.25) is 0 Å². The first-order chi connectivity index (χ1) is 20.2. The predicted molar refractivity (Wildman–Crippen MR) is 154 cm³/mol. The van der Waals surface area contributed by atoms with Crippen molar-refractivity contribution in [1.29, 1.82) is 0 Å². The van der Waals surface area contributed by atoms with Gasteiger partial charge in [0, 0.05) is 48.9 Å². The lowest BCUT2D eigenvalue weighted by molar-refractivity contribution is -0.192. The maximum Gasteiger partial charge on any atom is 0.490 e. The molecule has 8 nitrogen and oxygen atoms in total. The van der Waals surface area contributed by atoms with Crippen molar-refractivity contribution in [2.45, 2.75) is 23.9 Å². The molecule has 1 saturated heterocycles. The number of hydrogen-bond acceptors (Lipinski definition) is 5. The number of carboxylic acid groups (broad SMARTS) is 1. The number of anilines is 2. The first-order valence-electron chi connectivity index (χ1n) is 13.6. The van der Waals surface area contributed by atoms with E-state index in [1.54, 1.807) is 0 Å². The van der Waals surface area contributed by atoms with Gasteiger partial charge in [-0.1, -0.05) is 48.5 Å². The molecule has 2 aliphatic heterocycles. The molecule has 2 fully saturated rings. The zero-order valence-corrected chi connectivity index (χ0v) is 22.4. The topological polar surface area (TPSA) is 110 Å². The van der Waals surface area contributed by atoms with E-state index in [0.29, 0.717) is 0 Å². The Morgan fingerprint density at radius 2 is 1.74 bits per heavy atom. The number of aromatic nitrogens is 2. The average Bonchev–Trinajstić information content (AvgIpc) is 3.52. The highest BCUT2D eigenvalue weighted by Crippen LogP contribution is 2.65. The SMILES string of the molecule is O=C(O)C(F)(F)F.O=C1Nc2ccccc2[C@]12C[C@H]2c1ccc2c(/C=C/c3ccc(N4CCNCC4)cc3)n[nH]c2c1. The fraction of sp³-hybridized carbons (Fsp3) is 0.258. The number of fused-ring (bicyclic) bond motifs is 3. The van der Waals surface area contributed by atoms with Crippen LogP contribution in [0, 0.1) is 0 Å². The Morgan fingerprint density at radius 1 is 1.02 bits per heavy atom. The Labute approximate surface area is 239 Å². The van der Waals surface area contributed by atoms with Gasteiger partial charge in [-0.15, -0.1) is 0 Å². The molecule has 1 spiro atoms. The molecule has 3 aliphatic rings. The molecule has 11 heteroatoms. The maximum absolute atomic E-state index is 12.9. The summed E-state index contributed by atoms with van der Waals surface area (Å²) >= 11 is 0. The Bertz CT molecular complexity index is 1680. The van der Waals surface area contributed by atoms with Gasteiger partial charge in [-0.25, -0.2) is 4.79 Å². The number of nitrogens with one attached hydrogen (secondary N) is 3. The third-order valence-electron chi connectivity index (χ3n) is 8.09. The lowest BCUT2D eigenvalue weighted by atomic mass is 9.92. The van der Waals surface area contributed by atoms with E-state index in [9.17, 15) is 18.0 Å². The smallest absolute Gasteiger partial charge is 0.475 e. The number of para-hydroxylation sites is 1. The van der Waals surface area contributed by atoms with Crippen molar-refractivity contribution in [1.82, 2.24) is 15.5 Å². The number of piperazine rings is 1. The molecule has 0 bridgehead atoms. The second-order valence-corrected chi connectivity index (χ2v) is 10.6. The first kappa shape index (κ1) is 27.5. The number of aliphatic carboxylic acids is 1. The summed E-state index contributed by atoms with van der Waals surface area (Å²) in [6.45, 7) is 4.18. The average molecular weight is 576 g/mol.